The first-order valence-electron chi connectivity index (χ1n) is 8.25. The fourth-order valence-electron chi connectivity index (χ4n) is 3.92. The van der Waals surface area contributed by atoms with Gasteiger partial charge in [-0.3, -0.25) is 14.4 Å². The summed E-state index contributed by atoms with van der Waals surface area (Å²) in [5, 5.41) is 0. The molecule has 1 aliphatic carbocycles. The summed E-state index contributed by atoms with van der Waals surface area (Å²) in [4.78, 5) is 38.5. The standard InChI is InChI=1S/C19H22O4/c1-18(2)15(14(20)13-9-5-3-6-10-13)23-17(22)19(16(18)21)11-7-4-8-12-19/h3,5-6,9-10,15H,4,7-8,11-12H2,1-2H3/t15-/m1/s1. The molecule has 0 unspecified atom stereocenters. The Hall–Kier alpha value is -1.97. The van der Waals surface area contributed by atoms with E-state index in [0.717, 1.165) is 19.3 Å². The Labute approximate surface area is 136 Å². The third kappa shape index (κ3) is 2.41. The van der Waals surface area contributed by atoms with E-state index >= 15 is 0 Å². The number of ketones is 2. The van der Waals surface area contributed by atoms with Crippen LogP contribution in [0.3, 0.4) is 0 Å². The lowest BCUT2D eigenvalue weighted by Crippen LogP contribution is -2.60. The Balaban J connectivity index is 1.95. The molecule has 23 heavy (non-hydrogen) atoms. The largest absolute Gasteiger partial charge is 0.452 e. The molecule has 1 spiro atoms. The Morgan fingerprint density at radius 3 is 2.26 bits per heavy atom. The van der Waals surface area contributed by atoms with Crippen LogP contribution in [0.1, 0.15) is 56.3 Å². The van der Waals surface area contributed by atoms with Gasteiger partial charge in [-0.15, -0.1) is 0 Å². The maximum atomic E-state index is 13.1. The Morgan fingerprint density at radius 1 is 1.04 bits per heavy atom. The van der Waals surface area contributed by atoms with E-state index in [-0.39, 0.29) is 11.6 Å². The zero-order valence-electron chi connectivity index (χ0n) is 13.6. The van der Waals surface area contributed by atoms with Gasteiger partial charge < -0.3 is 4.74 Å². The number of hydrogen-bond acceptors (Lipinski definition) is 4. The first-order valence-corrected chi connectivity index (χ1v) is 8.25. The molecular formula is C19H22O4. The minimum Gasteiger partial charge on any atom is -0.452 e. The molecule has 1 saturated carbocycles. The monoisotopic (exact) mass is 314 g/mol. The van der Waals surface area contributed by atoms with Crippen LogP contribution in [0.2, 0.25) is 0 Å². The lowest BCUT2D eigenvalue weighted by atomic mass is 9.60. The average molecular weight is 314 g/mol. The van der Waals surface area contributed by atoms with Crippen LogP contribution in [0.25, 0.3) is 0 Å². The van der Waals surface area contributed by atoms with Crippen molar-refractivity contribution in [1.82, 2.24) is 0 Å². The van der Waals surface area contributed by atoms with E-state index in [9.17, 15) is 14.4 Å². The van der Waals surface area contributed by atoms with Crippen LogP contribution in [0, 0.1) is 10.8 Å². The molecule has 1 saturated heterocycles. The molecule has 2 fully saturated rings. The van der Waals surface area contributed by atoms with Crippen molar-refractivity contribution in [3.05, 3.63) is 35.9 Å². The molecule has 122 valence electrons. The highest BCUT2D eigenvalue weighted by molar-refractivity contribution is 6.14. The highest BCUT2D eigenvalue weighted by Gasteiger charge is 2.61. The zero-order chi connectivity index (χ0) is 16.7. The third-order valence-corrected chi connectivity index (χ3v) is 5.29. The van der Waals surface area contributed by atoms with Crippen molar-refractivity contribution in [2.75, 3.05) is 0 Å². The van der Waals surface area contributed by atoms with Gasteiger partial charge in [-0.25, -0.2) is 0 Å². The Bertz CT molecular complexity index is 639. The molecule has 0 N–H and O–H groups in total. The van der Waals surface area contributed by atoms with Crippen molar-refractivity contribution in [1.29, 1.82) is 0 Å². The summed E-state index contributed by atoms with van der Waals surface area (Å²) < 4.78 is 5.57. The molecule has 1 aliphatic heterocycles. The summed E-state index contributed by atoms with van der Waals surface area (Å²) in [7, 11) is 0. The molecule has 1 heterocycles. The lowest BCUT2D eigenvalue weighted by molar-refractivity contribution is -0.186. The van der Waals surface area contributed by atoms with Crippen LogP contribution in [0.5, 0.6) is 0 Å². The van der Waals surface area contributed by atoms with Crippen LogP contribution in [-0.4, -0.2) is 23.6 Å². The summed E-state index contributed by atoms with van der Waals surface area (Å²) in [6.45, 7) is 3.45. The first kappa shape index (κ1) is 15.9. The molecule has 1 atom stereocenters. The molecule has 1 aromatic carbocycles. The quantitative estimate of drug-likeness (QED) is 0.477. The molecule has 0 amide bonds. The van der Waals surface area contributed by atoms with Gasteiger partial charge in [0, 0.05) is 5.56 Å². The predicted octanol–water partition coefficient (Wildman–Crippen LogP) is 3.34. The lowest BCUT2D eigenvalue weighted by Gasteiger charge is -2.46. The summed E-state index contributed by atoms with van der Waals surface area (Å²) in [5.41, 5.74) is -1.57. The molecule has 0 radical (unpaired) electrons. The summed E-state index contributed by atoms with van der Waals surface area (Å²) in [6, 6.07) is 8.70. The van der Waals surface area contributed by atoms with Gasteiger partial charge in [0.15, 0.2) is 11.9 Å². The van der Waals surface area contributed by atoms with Gasteiger partial charge in [-0.05, 0) is 26.7 Å². The van der Waals surface area contributed by atoms with Gasteiger partial charge in [0.1, 0.15) is 5.41 Å². The summed E-state index contributed by atoms with van der Waals surface area (Å²) >= 11 is 0. The maximum absolute atomic E-state index is 13.1. The van der Waals surface area contributed by atoms with Gasteiger partial charge in [-0.2, -0.15) is 0 Å². The molecule has 4 heteroatoms. The van der Waals surface area contributed by atoms with Gasteiger partial charge >= 0.3 is 5.97 Å². The fraction of sp³-hybridized carbons (Fsp3) is 0.526. The number of benzene rings is 1. The number of esters is 1. The van der Waals surface area contributed by atoms with E-state index in [1.165, 1.54) is 0 Å². The minimum absolute atomic E-state index is 0.129. The number of rotatable bonds is 2. The van der Waals surface area contributed by atoms with Crippen LogP contribution < -0.4 is 0 Å². The van der Waals surface area contributed by atoms with Gasteiger partial charge in [0.25, 0.3) is 0 Å². The molecule has 4 nitrogen and oxygen atoms in total. The Morgan fingerprint density at radius 2 is 1.65 bits per heavy atom. The molecular weight excluding hydrogens is 292 g/mol. The van der Waals surface area contributed by atoms with Crippen molar-refractivity contribution in [2.24, 2.45) is 10.8 Å². The first-order chi connectivity index (χ1) is 10.9. The number of ether oxygens (including phenoxy) is 1. The van der Waals surface area contributed by atoms with E-state index in [1.54, 1.807) is 38.1 Å². The second kappa shape index (κ2) is 5.59. The molecule has 2 aliphatic rings. The van der Waals surface area contributed by atoms with Gasteiger partial charge in [0.05, 0.1) is 5.41 Å². The number of carbonyl (C=O) groups excluding carboxylic acids is 3. The van der Waals surface area contributed by atoms with Crippen LogP contribution >= 0.6 is 0 Å². The highest BCUT2D eigenvalue weighted by atomic mass is 16.6. The minimum atomic E-state index is -1.04. The molecule has 3 rings (SSSR count). The van der Waals surface area contributed by atoms with E-state index in [4.69, 9.17) is 4.74 Å². The molecule has 1 aromatic rings. The second-order valence-electron chi connectivity index (χ2n) is 7.21. The Kier molecular flexibility index (Phi) is 3.86. The van der Waals surface area contributed by atoms with E-state index in [2.05, 4.69) is 0 Å². The van der Waals surface area contributed by atoms with Crippen molar-refractivity contribution in [3.8, 4) is 0 Å². The van der Waals surface area contributed by atoms with Crippen LogP contribution in [0.15, 0.2) is 30.3 Å². The summed E-state index contributed by atoms with van der Waals surface area (Å²) in [5.74, 6) is -0.936. The normalized spacial score (nSPS) is 25.9. The number of cyclic esters (lactones) is 1. The van der Waals surface area contributed by atoms with Crippen molar-refractivity contribution in [2.45, 2.75) is 52.1 Å². The maximum Gasteiger partial charge on any atom is 0.320 e. The summed E-state index contributed by atoms with van der Waals surface area (Å²) in [6.07, 6.45) is 2.79. The van der Waals surface area contributed by atoms with E-state index < -0.39 is 22.9 Å². The van der Waals surface area contributed by atoms with Gasteiger partial charge in [-0.1, -0.05) is 49.6 Å². The average Bonchev–Trinajstić information content (AvgIpc) is 2.58. The van der Waals surface area contributed by atoms with Crippen molar-refractivity contribution < 1.29 is 19.1 Å². The van der Waals surface area contributed by atoms with Crippen LogP contribution in [0.4, 0.5) is 0 Å². The van der Waals surface area contributed by atoms with E-state index in [1.807, 2.05) is 6.07 Å². The van der Waals surface area contributed by atoms with Crippen molar-refractivity contribution >= 4 is 17.5 Å². The second-order valence-corrected chi connectivity index (χ2v) is 7.21. The molecule has 0 aromatic heterocycles. The zero-order valence-corrected chi connectivity index (χ0v) is 13.6. The number of hydrogen-bond donors (Lipinski definition) is 0. The van der Waals surface area contributed by atoms with Crippen molar-refractivity contribution in [3.63, 3.8) is 0 Å². The topological polar surface area (TPSA) is 60.4 Å². The highest BCUT2D eigenvalue weighted by Crippen LogP contribution is 2.49. The smallest absolute Gasteiger partial charge is 0.320 e. The fourth-order valence-corrected chi connectivity index (χ4v) is 3.92. The van der Waals surface area contributed by atoms with Crippen LogP contribution in [-0.2, 0) is 14.3 Å². The van der Waals surface area contributed by atoms with E-state index in [0.29, 0.717) is 18.4 Å². The number of carbonyl (C=O) groups is 3. The van der Waals surface area contributed by atoms with Gasteiger partial charge in [0.2, 0.25) is 5.78 Å². The molecule has 0 bridgehead atoms. The SMILES string of the molecule is CC1(C)C(=O)C2(CCCCC2)C(=O)O[C@@H]1C(=O)c1ccccc1. The number of Topliss-reactive ketones (excluding diaryl/α,β-unsaturated/α-hetero) is 2. The third-order valence-electron chi connectivity index (χ3n) is 5.29. The predicted molar refractivity (Wildman–Crippen MR) is 85.0 cm³/mol.